The van der Waals surface area contributed by atoms with Crippen LogP contribution >= 0.6 is 0 Å². The van der Waals surface area contributed by atoms with E-state index in [4.69, 9.17) is 4.98 Å². The van der Waals surface area contributed by atoms with Gasteiger partial charge in [-0.25, -0.2) is 0 Å². The van der Waals surface area contributed by atoms with E-state index in [0.29, 0.717) is 5.92 Å². The van der Waals surface area contributed by atoms with Crippen molar-refractivity contribution in [3.8, 4) is 22.6 Å². The van der Waals surface area contributed by atoms with Crippen LogP contribution in [0.25, 0.3) is 22.6 Å². The summed E-state index contributed by atoms with van der Waals surface area (Å²) in [6, 6.07) is 15.4. The normalized spacial score (nSPS) is 12.4. The number of hydrogen-bond donors (Lipinski definition) is 0. The summed E-state index contributed by atoms with van der Waals surface area (Å²) in [5.41, 5.74) is 8.89. The number of nitrogens with zero attached hydrogens (tertiary/aromatic N) is 3. The lowest BCUT2D eigenvalue weighted by molar-refractivity contribution is 0.410. The third kappa shape index (κ3) is 7.72. The minimum atomic E-state index is 0.499. The maximum atomic E-state index is 5.12. The number of pyridine rings is 1. The number of benzene rings is 1. The predicted octanol–water partition coefficient (Wildman–Crippen LogP) is 9.40. The van der Waals surface area contributed by atoms with E-state index in [-0.39, 0.29) is 0 Å². The Morgan fingerprint density at radius 2 is 1.63 bits per heavy atom. The molecule has 192 valence electrons. The van der Waals surface area contributed by atoms with Gasteiger partial charge in [-0.1, -0.05) is 108 Å². The van der Waals surface area contributed by atoms with Crippen molar-refractivity contribution in [2.24, 2.45) is 13.0 Å². The average molecular weight is 476 g/mol. The topological polar surface area (TPSA) is 22.8 Å². The highest BCUT2D eigenvalue weighted by atomic mass is 15.4. The number of allylic oxidation sites excluding steroid dienone is 2. The Labute approximate surface area is 215 Å². The SMILES string of the molecule is C/C=C(/CC)C(C)Cn1c(-c2cccc(CCCCCC)n2)c(-c2ccc(C)cc2)n1C.CCC. The molecular weight excluding hydrogens is 426 g/mol. The van der Waals surface area contributed by atoms with Crippen LogP contribution in [-0.4, -0.2) is 14.3 Å². The van der Waals surface area contributed by atoms with Crippen LogP contribution in [0.1, 0.15) is 91.3 Å². The molecule has 3 heteroatoms. The standard InChI is InChI=1S/C29H41N3.C3H8/c1-7-10-11-12-14-26-15-13-16-27(30-26)29-28(25-19-17-22(4)18-20-25)31(6)32(29)21-23(5)24(8-2)9-3;1-3-2/h8,13,15-20,23H,7,9-12,14,21H2,1-6H3;3H2,1-2H3/b24-8-;. The Hall–Kier alpha value is -2.55. The second-order valence-electron chi connectivity index (χ2n) is 9.82. The second-order valence-corrected chi connectivity index (χ2v) is 9.82. The molecule has 35 heavy (non-hydrogen) atoms. The first-order chi connectivity index (χ1) is 16.9. The Balaban J connectivity index is 0.00000137. The van der Waals surface area contributed by atoms with Crippen LogP contribution in [-0.2, 0) is 20.0 Å². The molecule has 0 saturated carbocycles. The van der Waals surface area contributed by atoms with Crippen LogP contribution in [0.2, 0.25) is 0 Å². The van der Waals surface area contributed by atoms with Crippen molar-refractivity contribution >= 4 is 0 Å². The van der Waals surface area contributed by atoms with E-state index in [1.165, 1.54) is 65.9 Å². The van der Waals surface area contributed by atoms with Gasteiger partial charge in [-0.05, 0) is 51.2 Å². The van der Waals surface area contributed by atoms with Gasteiger partial charge in [0.2, 0.25) is 0 Å². The molecular formula is C32H49N3. The summed E-state index contributed by atoms with van der Waals surface area (Å²) in [4.78, 5) is 5.12. The Bertz CT molecular complexity index is 1030. The summed E-state index contributed by atoms with van der Waals surface area (Å²) in [5, 5.41) is 0. The van der Waals surface area contributed by atoms with Crippen molar-refractivity contribution in [3.63, 3.8) is 0 Å². The summed E-state index contributed by atoms with van der Waals surface area (Å²) in [6.07, 6.45) is 10.8. The highest BCUT2D eigenvalue weighted by Crippen LogP contribution is 2.36. The van der Waals surface area contributed by atoms with Gasteiger partial charge in [-0.15, -0.1) is 0 Å². The lowest BCUT2D eigenvalue weighted by Crippen LogP contribution is -2.28. The zero-order chi connectivity index (χ0) is 25.8. The molecule has 0 aliphatic rings. The Morgan fingerprint density at radius 1 is 0.943 bits per heavy atom. The first-order valence-electron chi connectivity index (χ1n) is 13.8. The van der Waals surface area contributed by atoms with Gasteiger partial charge < -0.3 is 0 Å². The van der Waals surface area contributed by atoms with E-state index in [1.807, 2.05) is 0 Å². The van der Waals surface area contributed by atoms with Crippen LogP contribution in [0.3, 0.4) is 0 Å². The summed E-state index contributed by atoms with van der Waals surface area (Å²) in [6.45, 7) is 16.4. The van der Waals surface area contributed by atoms with Crippen LogP contribution in [0.5, 0.6) is 0 Å². The lowest BCUT2D eigenvalue weighted by atomic mass is 9.97. The molecule has 0 spiro atoms. The fourth-order valence-corrected chi connectivity index (χ4v) is 4.70. The average Bonchev–Trinajstić information content (AvgIpc) is 2.86. The molecule has 2 heterocycles. The van der Waals surface area contributed by atoms with E-state index >= 15 is 0 Å². The maximum absolute atomic E-state index is 5.12. The summed E-state index contributed by atoms with van der Waals surface area (Å²) >= 11 is 0. The summed E-state index contributed by atoms with van der Waals surface area (Å²) in [7, 11) is 2.18. The molecule has 0 amide bonds. The number of aryl methyl sites for hydroxylation is 2. The van der Waals surface area contributed by atoms with Crippen molar-refractivity contribution in [3.05, 3.63) is 65.4 Å². The largest absolute Gasteiger partial charge is 0.285 e. The highest BCUT2D eigenvalue weighted by Gasteiger charge is 2.24. The van der Waals surface area contributed by atoms with Gasteiger partial charge in [0.15, 0.2) is 0 Å². The van der Waals surface area contributed by atoms with Gasteiger partial charge >= 0.3 is 0 Å². The molecule has 0 bridgehead atoms. The van der Waals surface area contributed by atoms with Crippen molar-refractivity contribution in [1.82, 2.24) is 14.3 Å². The molecule has 0 saturated heterocycles. The maximum Gasteiger partial charge on any atom is 0.109 e. The molecule has 1 unspecified atom stereocenters. The third-order valence-corrected chi connectivity index (χ3v) is 6.69. The smallest absolute Gasteiger partial charge is 0.109 e. The molecule has 1 atom stereocenters. The van der Waals surface area contributed by atoms with E-state index in [2.05, 4.69) is 113 Å². The Kier molecular flexibility index (Phi) is 12.1. The lowest BCUT2D eigenvalue weighted by Gasteiger charge is -2.32. The molecule has 3 rings (SSSR count). The van der Waals surface area contributed by atoms with Gasteiger partial charge in [-0.3, -0.25) is 14.3 Å². The summed E-state index contributed by atoms with van der Waals surface area (Å²) in [5.74, 6) is 0.499. The van der Waals surface area contributed by atoms with Gasteiger partial charge in [0.05, 0.1) is 11.4 Å². The quantitative estimate of drug-likeness (QED) is 0.200. The van der Waals surface area contributed by atoms with Crippen LogP contribution in [0, 0.1) is 12.8 Å². The molecule has 3 nitrogen and oxygen atoms in total. The van der Waals surface area contributed by atoms with E-state index < -0.39 is 0 Å². The minimum absolute atomic E-state index is 0.499. The fourth-order valence-electron chi connectivity index (χ4n) is 4.70. The third-order valence-electron chi connectivity index (χ3n) is 6.69. The highest BCUT2D eigenvalue weighted by molar-refractivity contribution is 5.79. The predicted molar refractivity (Wildman–Crippen MR) is 154 cm³/mol. The molecule has 0 N–H and O–H groups in total. The molecule has 0 fully saturated rings. The van der Waals surface area contributed by atoms with Crippen molar-refractivity contribution in [2.75, 3.05) is 0 Å². The van der Waals surface area contributed by atoms with E-state index in [0.717, 1.165) is 25.1 Å². The van der Waals surface area contributed by atoms with Crippen molar-refractivity contribution in [1.29, 1.82) is 0 Å². The zero-order valence-corrected chi connectivity index (χ0v) is 23.7. The number of aromatic nitrogens is 3. The van der Waals surface area contributed by atoms with Crippen LogP contribution in [0.15, 0.2) is 54.1 Å². The summed E-state index contributed by atoms with van der Waals surface area (Å²) < 4.78 is 4.73. The zero-order valence-electron chi connectivity index (χ0n) is 23.7. The van der Waals surface area contributed by atoms with Gasteiger partial charge in [0.25, 0.3) is 0 Å². The number of hydrogen-bond acceptors (Lipinski definition) is 1. The molecule has 0 radical (unpaired) electrons. The molecule has 3 aromatic rings. The Morgan fingerprint density at radius 3 is 2.23 bits per heavy atom. The van der Waals surface area contributed by atoms with E-state index in [9.17, 15) is 0 Å². The molecule has 0 aliphatic heterocycles. The van der Waals surface area contributed by atoms with Crippen LogP contribution < -0.4 is 0 Å². The minimum Gasteiger partial charge on any atom is -0.285 e. The first-order valence-corrected chi connectivity index (χ1v) is 13.8. The van der Waals surface area contributed by atoms with Crippen molar-refractivity contribution in [2.45, 2.75) is 100.0 Å². The molecule has 1 aromatic carbocycles. The fraction of sp³-hybridized carbons (Fsp3) is 0.531. The van der Waals surface area contributed by atoms with Gasteiger partial charge in [-0.2, -0.15) is 0 Å². The monoisotopic (exact) mass is 475 g/mol. The molecule has 0 aliphatic carbocycles. The van der Waals surface area contributed by atoms with E-state index in [1.54, 1.807) is 0 Å². The molecule has 2 aromatic heterocycles. The van der Waals surface area contributed by atoms with Crippen molar-refractivity contribution < 1.29 is 0 Å². The second kappa shape index (κ2) is 14.8. The number of rotatable bonds is 11. The first kappa shape index (κ1) is 28.7. The van der Waals surface area contributed by atoms with Gasteiger partial charge in [0.1, 0.15) is 5.69 Å². The van der Waals surface area contributed by atoms with Gasteiger partial charge in [0, 0.05) is 24.8 Å². The number of unbranched alkanes of at least 4 members (excludes halogenated alkanes) is 3. The van der Waals surface area contributed by atoms with Crippen LogP contribution in [0.4, 0.5) is 0 Å².